The Balaban J connectivity index is 2.86. The zero-order valence-electron chi connectivity index (χ0n) is 9.47. The Morgan fingerprint density at radius 3 is 2.28 bits per heavy atom. The summed E-state index contributed by atoms with van der Waals surface area (Å²) in [5, 5.41) is 0. The molecule has 0 aliphatic carbocycles. The van der Waals surface area contributed by atoms with Crippen molar-refractivity contribution in [3.05, 3.63) is 47.5 Å². The van der Waals surface area contributed by atoms with Crippen LogP contribution in [0.25, 0.3) is 0 Å². The van der Waals surface area contributed by atoms with Crippen molar-refractivity contribution in [1.29, 1.82) is 0 Å². The maximum absolute atomic E-state index is 12.1. The van der Waals surface area contributed by atoms with E-state index in [1.54, 1.807) is 0 Å². The van der Waals surface area contributed by atoms with Crippen LogP contribution in [-0.4, -0.2) is 19.3 Å². The minimum absolute atomic E-state index is 0.303. The van der Waals surface area contributed by atoms with Crippen molar-refractivity contribution in [3.63, 3.8) is 0 Å². The van der Waals surface area contributed by atoms with Crippen molar-refractivity contribution in [3.8, 4) is 11.8 Å². The fraction of sp³-hybridized carbons (Fsp3) is 0.154. The molecule has 0 N–H and O–H groups in total. The molecule has 0 aliphatic heterocycles. The molecule has 0 radical (unpaired) electrons. The monoisotopic (exact) mass is 254 g/mol. The summed E-state index contributed by atoms with van der Waals surface area (Å²) in [4.78, 5) is 11.1. The van der Waals surface area contributed by atoms with Crippen LogP contribution in [0.5, 0.6) is 0 Å². The van der Waals surface area contributed by atoms with Crippen LogP contribution < -0.4 is 0 Å². The van der Waals surface area contributed by atoms with Gasteiger partial charge in [-0.15, -0.1) is 0 Å². The van der Waals surface area contributed by atoms with E-state index in [4.69, 9.17) is 0 Å². The smallest absolute Gasteiger partial charge is 0.423 e. The molecule has 18 heavy (non-hydrogen) atoms. The number of rotatable bonds is 1. The summed E-state index contributed by atoms with van der Waals surface area (Å²) in [7, 11) is 1.24. The van der Waals surface area contributed by atoms with Gasteiger partial charge in [0.2, 0.25) is 0 Å². The molecule has 94 valence electrons. The molecule has 0 spiro atoms. The minimum atomic E-state index is -4.51. The van der Waals surface area contributed by atoms with Gasteiger partial charge in [-0.2, -0.15) is 13.2 Å². The van der Waals surface area contributed by atoms with Crippen LogP contribution >= 0.6 is 0 Å². The normalized spacial score (nSPS) is 10.2. The highest BCUT2D eigenvalue weighted by Crippen LogP contribution is 2.23. The number of halogens is 3. The second-order valence-electron chi connectivity index (χ2n) is 3.30. The molecule has 0 saturated heterocycles. The maximum atomic E-state index is 12.1. The van der Waals surface area contributed by atoms with Gasteiger partial charge in [0.25, 0.3) is 0 Å². The van der Waals surface area contributed by atoms with E-state index in [9.17, 15) is 18.0 Å². The third-order valence-corrected chi connectivity index (χ3v) is 2.01. The van der Waals surface area contributed by atoms with Crippen molar-refractivity contribution in [1.82, 2.24) is 0 Å². The number of allylic oxidation sites excluding steroid dienone is 1. The van der Waals surface area contributed by atoms with Gasteiger partial charge in [-0.3, -0.25) is 0 Å². The molecule has 0 aromatic heterocycles. The van der Waals surface area contributed by atoms with Crippen molar-refractivity contribution in [2.75, 3.05) is 7.11 Å². The molecule has 0 bridgehead atoms. The summed E-state index contributed by atoms with van der Waals surface area (Å²) >= 11 is 0. The van der Waals surface area contributed by atoms with E-state index in [0.29, 0.717) is 11.1 Å². The largest absolute Gasteiger partial charge is 0.465 e. The van der Waals surface area contributed by atoms with Crippen molar-refractivity contribution < 1.29 is 22.7 Å². The number of methoxy groups -OCH3 is 1. The van der Waals surface area contributed by atoms with Gasteiger partial charge in [-0.25, -0.2) is 4.79 Å². The summed E-state index contributed by atoms with van der Waals surface area (Å²) in [6, 6.07) is 5.71. The van der Waals surface area contributed by atoms with Crippen molar-refractivity contribution in [2.24, 2.45) is 0 Å². The fourth-order valence-electron chi connectivity index (χ4n) is 1.03. The van der Waals surface area contributed by atoms with Crippen LogP contribution in [0.4, 0.5) is 13.2 Å². The summed E-state index contributed by atoms with van der Waals surface area (Å²) < 4.78 is 40.8. The van der Waals surface area contributed by atoms with Crippen molar-refractivity contribution >= 4 is 5.97 Å². The Kier molecular flexibility index (Phi) is 4.16. The summed E-state index contributed by atoms with van der Waals surface area (Å²) in [5.74, 6) is 3.71. The average Bonchev–Trinajstić information content (AvgIpc) is 2.34. The first kappa shape index (κ1) is 13.8. The summed E-state index contributed by atoms with van der Waals surface area (Å²) in [6.07, 6.45) is -4.51. The zero-order valence-corrected chi connectivity index (χ0v) is 9.47. The van der Waals surface area contributed by atoms with E-state index < -0.39 is 17.7 Å². The number of hydrogen-bond donors (Lipinski definition) is 0. The highest BCUT2D eigenvalue weighted by molar-refractivity contribution is 5.89. The minimum Gasteiger partial charge on any atom is -0.465 e. The molecule has 1 aromatic carbocycles. The number of carbonyl (C=O) groups excluding carboxylic acids is 1. The third-order valence-electron chi connectivity index (χ3n) is 2.01. The van der Waals surface area contributed by atoms with Gasteiger partial charge in [-0.1, -0.05) is 18.4 Å². The van der Waals surface area contributed by atoms with E-state index >= 15 is 0 Å². The number of hydrogen-bond acceptors (Lipinski definition) is 2. The first-order chi connectivity index (χ1) is 8.34. The Bertz CT molecular complexity index is 516. The Morgan fingerprint density at radius 2 is 1.83 bits per heavy atom. The van der Waals surface area contributed by atoms with E-state index in [1.165, 1.54) is 31.4 Å². The molecule has 0 amide bonds. The highest BCUT2D eigenvalue weighted by atomic mass is 19.4. The summed E-state index contributed by atoms with van der Waals surface area (Å²) in [5.41, 5.74) is -0.453. The second kappa shape index (κ2) is 5.41. The highest BCUT2D eigenvalue weighted by Gasteiger charge is 2.30. The van der Waals surface area contributed by atoms with Crippen LogP contribution in [0.2, 0.25) is 0 Å². The number of benzene rings is 1. The van der Waals surface area contributed by atoms with Gasteiger partial charge in [0.15, 0.2) is 0 Å². The summed E-state index contributed by atoms with van der Waals surface area (Å²) in [6.45, 7) is 2.83. The molecule has 0 fully saturated rings. The molecule has 0 atom stereocenters. The Morgan fingerprint density at radius 1 is 1.28 bits per heavy atom. The van der Waals surface area contributed by atoms with Crippen LogP contribution in [0.1, 0.15) is 15.9 Å². The average molecular weight is 254 g/mol. The second-order valence-corrected chi connectivity index (χ2v) is 3.30. The zero-order chi connectivity index (χ0) is 13.8. The van der Waals surface area contributed by atoms with Crippen LogP contribution in [-0.2, 0) is 4.74 Å². The van der Waals surface area contributed by atoms with Crippen LogP contribution in [0.15, 0.2) is 36.4 Å². The standard InChI is InChI=1S/C13H9F3O2/c1-9(13(14,15)16)3-4-10-5-7-11(8-6-10)12(17)18-2/h5-8H,1H2,2H3. The maximum Gasteiger partial charge on any atom is 0.423 e. The van der Waals surface area contributed by atoms with Gasteiger partial charge < -0.3 is 4.74 Å². The van der Waals surface area contributed by atoms with Crippen molar-refractivity contribution in [2.45, 2.75) is 6.18 Å². The lowest BCUT2D eigenvalue weighted by molar-refractivity contribution is -0.0868. The fourth-order valence-corrected chi connectivity index (χ4v) is 1.03. The SMILES string of the molecule is C=C(C#Cc1ccc(C(=O)OC)cc1)C(F)(F)F. The molecule has 5 heteroatoms. The molecule has 0 saturated carbocycles. The van der Waals surface area contributed by atoms with E-state index in [-0.39, 0.29) is 0 Å². The lowest BCUT2D eigenvalue weighted by atomic mass is 10.1. The first-order valence-electron chi connectivity index (χ1n) is 4.81. The van der Waals surface area contributed by atoms with Gasteiger partial charge in [0.1, 0.15) is 0 Å². The molecular weight excluding hydrogens is 245 g/mol. The molecule has 0 unspecified atom stereocenters. The van der Waals surface area contributed by atoms with Gasteiger partial charge in [0, 0.05) is 5.56 Å². The van der Waals surface area contributed by atoms with Crippen LogP contribution in [0, 0.1) is 11.8 Å². The number of alkyl halides is 3. The number of esters is 1. The van der Waals surface area contributed by atoms with Crippen LogP contribution in [0.3, 0.4) is 0 Å². The lowest BCUT2D eigenvalue weighted by Gasteiger charge is -2.01. The lowest BCUT2D eigenvalue weighted by Crippen LogP contribution is -2.08. The predicted molar refractivity (Wildman–Crippen MR) is 59.9 cm³/mol. The molecular formula is C13H9F3O2. The Labute approximate surface area is 102 Å². The topological polar surface area (TPSA) is 26.3 Å². The third kappa shape index (κ3) is 3.67. The molecule has 1 rings (SSSR count). The number of ether oxygens (including phenoxy) is 1. The first-order valence-corrected chi connectivity index (χ1v) is 4.81. The quantitative estimate of drug-likeness (QED) is 0.569. The van der Waals surface area contributed by atoms with Gasteiger partial charge in [0.05, 0.1) is 18.2 Å². The van der Waals surface area contributed by atoms with E-state index in [0.717, 1.165) is 0 Å². The Hall–Kier alpha value is -2.22. The predicted octanol–water partition coefficient (Wildman–Crippen LogP) is 2.94. The molecule has 0 aliphatic rings. The molecule has 2 nitrogen and oxygen atoms in total. The van der Waals surface area contributed by atoms with E-state index in [2.05, 4.69) is 17.2 Å². The number of carbonyl (C=O) groups is 1. The molecule has 0 heterocycles. The van der Waals surface area contributed by atoms with E-state index in [1.807, 2.05) is 5.92 Å². The van der Waals surface area contributed by atoms with Gasteiger partial charge in [-0.05, 0) is 24.3 Å². The van der Waals surface area contributed by atoms with Gasteiger partial charge >= 0.3 is 12.1 Å². The molecule has 1 aromatic rings.